The van der Waals surface area contributed by atoms with Crippen molar-refractivity contribution in [3.63, 3.8) is 0 Å². The van der Waals surface area contributed by atoms with Gasteiger partial charge >= 0.3 is 0 Å². The molecule has 0 radical (unpaired) electrons. The van der Waals surface area contributed by atoms with Crippen molar-refractivity contribution in [1.29, 1.82) is 0 Å². The van der Waals surface area contributed by atoms with E-state index in [1.165, 1.54) is 6.42 Å². The SMILES string of the molecule is CC1CC1CN(C)c1ccc(N)c(OC(C)(C)C)n1. The fraction of sp³-hybridized carbons (Fsp3) is 0.667. The van der Waals surface area contributed by atoms with E-state index in [1.807, 2.05) is 32.9 Å². The zero-order valence-electron chi connectivity index (χ0n) is 12.6. The molecule has 1 saturated carbocycles. The third kappa shape index (κ3) is 3.75. The number of pyridine rings is 1. The number of nitrogens with zero attached hydrogens (tertiary/aromatic N) is 2. The van der Waals surface area contributed by atoms with Crippen LogP contribution in [0.4, 0.5) is 11.5 Å². The third-order valence-electron chi connectivity index (χ3n) is 3.45. The largest absolute Gasteiger partial charge is 0.470 e. The number of nitrogen functional groups attached to an aromatic ring is 1. The first-order chi connectivity index (χ1) is 8.76. The van der Waals surface area contributed by atoms with Crippen LogP contribution in [0, 0.1) is 11.8 Å². The summed E-state index contributed by atoms with van der Waals surface area (Å²) in [6.07, 6.45) is 1.32. The van der Waals surface area contributed by atoms with Gasteiger partial charge in [0.15, 0.2) is 0 Å². The molecule has 1 heterocycles. The van der Waals surface area contributed by atoms with Crippen molar-refractivity contribution in [3.8, 4) is 5.88 Å². The van der Waals surface area contributed by atoms with Crippen molar-refractivity contribution in [2.45, 2.75) is 39.7 Å². The molecule has 4 nitrogen and oxygen atoms in total. The number of hydrogen-bond donors (Lipinski definition) is 1. The molecule has 0 aliphatic heterocycles. The average molecular weight is 263 g/mol. The summed E-state index contributed by atoms with van der Waals surface area (Å²) in [4.78, 5) is 6.73. The molecule has 0 amide bonds. The maximum atomic E-state index is 5.93. The van der Waals surface area contributed by atoms with Crippen LogP contribution in [-0.4, -0.2) is 24.2 Å². The Morgan fingerprint density at radius 2 is 2.05 bits per heavy atom. The van der Waals surface area contributed by atoms with Crippen molar-refractivity contribution in [1.82, 2.24) is 4.98 Å². The number of aromatic nitrogens is 1. The van der Waals surface area contributed by atoms with Gasteiger partial charge in [0.2, 0.25) is 5.88 Å². The lowest BCUT2D eigenvalue weighted by Crippen LogP contribution is -2.26. The molecule has 0 saturated heterocycles. The first-order valence-corrected chi connectivity index (χ1v) is 6.93. The maximum Gasteiger partial charge on any atom is 0.239 e. The fourth-order valence-corrected chi connectivity index (χ4v) is 2.12. The number of hydrogen-bond acceptors (Lipinski definition) is 4. The van der Waals surface area contributed by atoms with Crippen molar-refractivity contribution < 1.29 is 4.74 Å². The molecule has 1 aliphatic rings. The first-order valence-electron chi connectivity index (χ1n) is 6.93. The van der Waals surface area contributed by atoms with E-state index in [9.17, 15) is 0 Å². The van der Waals surface area contributed by atoms with Gasteiger partial charge in [-0.05, 0) is 51.2 Å². The van der Waals surface area contributed by atoms with Crippen molar-refractivity contribution in [3.05, 3.63) is 12.1 Å². The monoisotopic (exact) mass is 263 g/mol. The summed E-state index contributed by atoms with van der Waals surface area (Å²) >= 11 is 0. The summed E-state index contributed by atoms with van der Waals surface area (Å²) in [5.74, 6) is 3.10. The minimum Gasteiger partial charge on any atom is -0.470 e. The molecule has 0 bridgehead atoms. The molecule has 2 atom stereocenters. The Morgan fingerprint density at radius 3 is 2.58 bits per heavy atom. The summed E-state index contributed by atoms with van der Waals surface area (Å²) in [7, 11) is 2.07. The molecule has 1 aromatic heterocycles. The molecule has 2 rings (SSSR count). The second kappa shape index (κ2) is 4.91. The molecule has 1 aromatic rings. The molecular weight excluding hydrogens is 238 g/mol. The Balaban J connectivity index is 2.11. The number of ether oxygens (including phenoxy) is 1. The lowest BCUT2D eigenvalue weighted by molar-refractivity contribution is 0.125. The van der Waals surface area contributed by atoms with Gasteiger partial charge in [0.1, 0.15) is 11.4 Å². The molecule has 0 spiro atoms. The van der Waals surface area contributed by atoms with Crippen LogP contribution in [-0.2, 0) is 0 Å². The summed E-state index contributed by atoms with van der Waals surface area (Å²) in [5, 5.41) is 0. The van der Waals surface area contributed by atoms with Crippen molar-refractivity contribution in [2.75, 3.05) is 24.2 Å². The molecule has 1 aliphatic carbocycles. The van der Waals surface area contributed by atoms with Crippen molar-refractivity contribution in [2.24, 2.45) is 11.8 Å². The quantitative estimate of drug-likeness (QED) is 0.907. The van der Waals surface area contributed by atoms with Crippen LogP contribution in [0.2, 0.25) is 0 Å². The average Bonchev–Trinajstić information content (AvgIpc) is 2.95. The molecule has 1 fully saturated rings. The molecule has 19 heavy (non-hydrogen) atoms. The van der Waals surface area contributed by atoms with Gasteiger partial charge in [-0.3, -0.25) is 0 Å². The zero-order chi connectivity index (χ0) is 14.2. The van der Waals surface area contributed by atoms with Crippen LogP contribution >= 0.6 is 0 Å². The minimum absolute atomic E-state index is 0.288. The summed E-state index contributed by atoms with van der Waals surface area (Å²) < 4.78 is 5.80. The van der Waals surface area contributed by atoms with Gasteiger partial charge in [0, 0.05) is 13.6 Å². The molecule has 2 N–H and O–H groups in total. The maximum absolute atomic E-state index is 5.93. The Bertz CT molecular complexity index is 453. The third-order valence-corrected chi connectivity index (χ3v) is 3.45. The van der Waals surface area contributed by atoms with E-state index >= 15 is 0 Å². The summed E-state index contributed by atoms with van der Waals surface area (Å²) in [5.41, 5.74) is 6.23. The van der Waals surface area contributed by atoms with Gasteiger partial charge in [0.05, 0.1) is 5.69 Å². The highest BCUT2D eigenvalue weighted by molar-refractivity contribution is 5.54. The minimum atomic E-state index is -0.288. The van der Waals surface area contributed by atoms with Crippen molar-refractivity contribution >= 4 is 11.5 Å². The van der Waals surface area contributed by atoms with E-state index in [0.717, 1.165) is 24.2 Å². The number of nitrogens with two attached hydrogens (primary N) is 1. The van der Waals surface area contributed by atoms with Crippen LogP contribution in [0.1, 0.15) is 34.1 Å². The van der Waals surface area contributed by atoms with E-state index in [4.69, 9.17) is 10.5 Å². The van der Waals surface area contributed by atoms with Gasteiger partial charge in [-0.1, -0.05) is 6.92 Å². The van der Waals surface area contributed by atoms with Gasteiger partial charge in [-0.25, -0.2) is 0 Å². The predicted octanol–water partition coefficient (Wildman–Crippen LogP) is 2.93. The summed E-state index contributed by atoms with van der Waals surface area (Å²) in [6.45, 7) is 9.33. The molecule has 106 valence electrons. The Kier molecular flexibility index (Phi) is 3.61. The Hall–Kier alpha value is -1.45. The molecule has 4 heteroatoms. The lowest BCUT2D eigenvalue weighted by Gasteiger charge is -2.24. The lowest BCUT2D eigenvalue weighted by atomic mass is 10.2. The van der Waals surface area contributed by atoms with E-state index in [-0.39, 0.29) is 5.60 Å². The van der Waals surface area contributed by atoms with E-state index < -0.39 is 0 Å². The van der Waals surface area contributed by atoms with Crippen LogP contribution in [0.5, 0.6) is 5.88 Å². The normalized spacial score (nSPS) is 22.2. The van der Waals surface area contributed by atoms with Gasteiger partial charge < -0.3 is 15.4 Å². The highest BCUT2D eigenvalue weighted by Gasteiger charge is 2.33. The van der Waals surface area contributed by atoms with E-state index in [0.29, 0.717) is 11.6 Å². The Morgan fingerprint density at radius 1 is 1.42 bits per heavy atom. The van der Waals surface area contributed by atoms with Crippen LogP contribution < -0.4 is 15.4 Å². The van der Waals surface area contributed by atoms with Crippen LogP contribution in [0.3, 0.4) is 0 Å². The van der Waals surface area contributed by atoms with Crippen LogP contribution in [0.15, 0.2) is 12.1 Å². The predicted molar refractivity (Wildman–Crippen MR) is 79.6 cm³/mol. The van der Waals surface area contributed by atoms with E-state index in [1.54, 1.807) is 0 Å². The second-order valence-electron chi connectivity index (χ2n) is 6.63. The van der Waals surface area contributed by atoms with E-state index in [2.05, 4.69) is 23.9 Å². The number of rotatable bonds is 4. The van der Waals surface area contributed by atoms with Crippen LogP contribution in [0.25, 0.3) is 0 Å². The van der Waals surface area contributed by atoms with Gasteiger partial charge in [0.25, 0.3) is 0 Å². The molecular formula is C15H25N3O. The Labute approximate surface area is 116 Å². The first kappa shape index (κ1) is 14.0. The van der Waals surface area contributed by atoms with Gasteiger partial charge in [-0.15, -0.1) is 0 Å². The van der Waals surface area contributed by atoms with Gasteiger partial charge in [-0.2, -0.15) is 4.98 Å². The topological polar surface area (TPSA) is 51.4 Å². The standard InChI is InChI=1S/C15H25N3O/c1-10-8-11(10)9-18(5)13-7-6-12(16)14(17-13)19-15(2,3)4/h6-7,10-11H,8-9,16H2,1-5H3. The fourth-order valence-electron chi connectivity index (χ4n) is 2.12. The zero-order valence-corrected chi connectivity index (χ0v) is 12.6. The molecule has 2 unspecified atom stereocenters. The highest BCUT2D eigenvalue weighted by atomic mass is 16.5. The number of anilines is 2. The smallest absolute Gasteiger partial charge is 0.239 e. The molecule has 0 aromatic carbocycles. The summed E-state index contributed by atoms with van der Waals surface area (Å²) in [6, 6.07) is 3.83. The highest BCUT2D eigenvalue weighted by Crippen LogP contribution is 2.38. The second-order valence-corrected chi connectivity index (χ2v) is 6.63.